The molecule has 2 N–H and O–H groups in total. The first kappa shape index (κ1) is 16.7. The molecule has 0 unspecified atom stereocenters. The molecule has 1 aromatic heterocycles. The van der Waals surface area contributed by atoms with E-state index in [2.05, 4.69) is 5.16 Å². The first-order valence-electron chi connectivity index (χ1n) is 6.57. The lowest BCUT2D eigenvalue weighted by Gasteiger charge is -2.29. The Kier molecular flexibility index (Phi) is 4.94. The van der Waals surface area contributed by atoms with Crippen LogP contribution in [0.2, 0.25) is 0 Å². The fourth-order valence-electron chi connectivity index (χ4n) is 1.72. The minimum atomic E-state index is -0.735. The van der Waals surface area contributed by atoms with E-state index in [0.717, 1.165) is 0 Å². The lowest BCUT2D eigenvalue weighted by molar-refractivity contribution is 0.0361. The van der Waals surface area contributed by atoms with Gasteiger partial charge in [-0.3, -0.25) is 4.79 Å². The van der Waals surface area contributed by atoms with Crippen molar-refractivity contribution < 1.29 is 19.5 Å². The monoisotopic (exact) mass is 284 g/mol. The molecule has 114 valence electrons. The van der Waals surface area contributed by atoms with E-state index in [-0.39, 0.29) is 36.8 Å². The molecule has 0 bridgehead atoms. The van der Waals surface area contributed by atoms with Crippen LogP contribution in [0, 0.1) is 5.41 Å². The van der Waals surface area contributed by atoms with Crippen LogP contribution in [-0.2, 0) is 5.41 Å². The van der Waals surface area contributed by atoms with Gasteiger partial charge in [0.25, 0.3) is 5.91 Å². The van der Waals surface area contributed by atoms with Crippen molar-refractivity contribution in [3.05, 3.63) is 17.5 Å². The summed E-state index contributed by atoms with van der Waals surface area (Å²) >= 11 is 0. The van der Waals surface area contributed by atoms with Crippen molar-refractivity contribution in [3.8, 4) is 0 Å². The smallest absolute Gasteiger partial charge is 0.275 e. The summed E-state index contributed by atoms with van der Waals surface area (Å²) in [4.78, 5) is 13.7. The van der Waals surface area contributed by atoms with Gasteiger partial charge in [0.05, 0.1) is 13.2 Å². The highest BCUT2D eigenvalue weighted by molar-refractivity contribution is 5.92. The first-order valence-corrected chi connectivity index (χ1v) is 6.57. The Bertz CT molecular complexity index is 458. The lowest BCUT2D eigenvalue weighted by atomic mass is 9.92. The molecule has 0 aliphatic rings. The summed E-state index contributed by atoms with van der Waals surface area (Å²) in [7, 11) is 1.61. The molecule has 1 aromatic rings. The SMILES string of the molecule is CN(CC(C)(CO)CO)C(=O)c1cc(C(C)(C)C)on1. The molecule has 1 amide bonds. The normalized spacial score (nSPS) is 12.6. The zero-order chi connectivity index (χ0) is 15.6. The second kappa shape index (κ2) is 5.93. The number of aliphatic hydroxyl groups is 2. The van der Waals surface area contributed by atoms with Gasteiger partial charge in [0.2, 0.25) is 0 Å². The van der Waals surface area contributed by atoms with Gasteiger partial charge in [-0.15, -0.1) is 0 Å². The summed E-state index contributed by atoms with van der Waals surface area (Å²) < 4.78 is 5.19. The molecule has 0 saturated carbocycles. The molecule has 20 heavy (non-hydrogen) atoms. The van der Waals surface area contributed by atoms with Gasteiger partial charge in [-0.05, 0) is 0 Å². The largest absolute Gasteiger partial charge is 0.396 e. The molecule has 0 radical (unpaired) electrons. The Morgan fingerprint density at radius 3 is 2.25 bits per heavy atom. The van der Waals surface area contributed by atoms with Gasteiger partial charge in [0.15, 0.2) is 5.69 Å². The second-order valence-corrected chi connectivity index (χ2v) is 6.61. The van der Waals surface area contributed by atoms with Crippen LogP contribution in [-0.4, -0.2) is 53.0 Å². The van der Waals surface area contributed by atoms with Crippen molar-refractivity contribution >= 4 is 5.91 Å². The Morgan fingerprint density at radius 2 is 1.85 bits per heavy atom. The van der Waals surface area contributed by atoms with Crippen molar-refractivity contribution in [1.29, 1.82) is 0 Å². The number of aromatic nitrogens is 1. The molecular weight excluding hydrogens is 260 g/mol. The highest BCUT2D eigenvalue weighted by Crippen LogP contribution is 2.23. The molecular formula is C14H24N2O4. The summed E-state index contributed by atoms with van der Waals surface area (Å²) in [5.41, 5.74) is -0.717. The third kappa shape index (κ3) is 3.80. The van der Waals surface area contributed by atoms with Crippen LogP contribution in [0.15, 0.2) is 10.6 Å². The van der Waals surface area contributed by atoms with Crippen LogP contribution in [0.25, 0.3) is 0 Å². The molecule has 1 heterocycles. The van der Waals surface area contributed by atoms with Crippen LogP contribution < -0.4 is 0 Å². The number of nitrogens with zero attached hydrogens (tertiary/aromatic N) is 2. The van der Waals surface area contributed by atoms with Gasteiger partial charge in [0, 0.05) is 30.5 Å². The Hall–Kier alpha value is -1.40. The number of hydrogen-bond acceptors (Lipinski definition) is 5. The van der Waals surface area contributed by atoms with E-state index in [1.807, 2.05) is 20.8 Å². The number of carbonyl (C=O) groups is 1. The number of amides is 1. The van der Waals surface area contributed by atoms with Crippen LogP contribution in [0.4, 0.5) is 0 Å². The third-order valence-electron chi connectivity index (χ3n) is 3.20. The van der Waals surface area contributed by atoms with Gasteiger partial charge in [-0.1, -0.05) is 32.9 Å². The van der Waals surface area contributed by atoms with Gasteiger partial charge >= 0.3 is 0 Å². The van der Waals surface area contributed by atoms with Gasteiger partial charge in [-0.25, -0.2) is 0 Å². The van der Waals surface area contributed by atoms with Gasteiger partial charge in [0.1, 0.15) is 5.76 Å². The number of aliphatic hydroxyl groups excluding tert-OH is 2. The topological polar surface area (TPSA) is 86.8 Å². The fraction of sp³-hybridized carbons (Fsp3) is 0.714. The average Bonchev–Trinajstić information content (AvgIpc) is 2.87. The fourth-order valence-corrected chi connectivity index (χ4v) is 1.72. The zero-order valence-corrected chi connectivity index (χ0v) is 12.8. The molecule has 0 aliphatic carbocycles. The van der Waals surface area contributed by atoms with E-state index in [9.17, 15) is 15.0 Å². The van der Waals surface area contributed by atoms with Crippen molar-refractivity contribution in [2.75, 3.05) is 26.8 Å². The number of carbonyl (C=O) groups excluding carboxylic acids is 1. The molecule has 1 rings (SSSR count). The summed E-state index contributed by atoms with van der Waals surface area (Å²) in [6, 6.07) is 1.63. The summed E-state index contributed by atoms with van der Waals surface area (Å²) in [5, 5.41) is 22.3. The third-order valence-corrected chi connectivity index (χ3v) is 3.20. The van der Waals surface area contributed by atoms with Crippen LogP contribution >= 0.6 is 0 Å². The molecule has 0 saturated heterocycles. The summed E-state index contributed by atoms with van der Waals surface area (Å²) in [5.74, 6) is 0.346. The van der Waals surface area contributed by atoms with Crippen molar-refractivity contribution in [1.82, 2.24) is 10.1 Å². The van der Waals surface area contributed by atoms with Crippen LogP contribution in [0.5, 0.6) is 0 Å². The molecule has 0 spiro atoms. The van der Waals surface area contributed by atoms with Crippen molar-refractivity contribution in [2.45, 2.75) is 33.1 Å². The molecule has 6 heteroatoms. The lowest BCUT2D eigenvalue weighted by Crippen LogP contribution is -2.41. The molecule has 6 nitrogen and oxygen atoms in total. The second-order valence-electron chi connectivity index (χ2n) is 6.61. The molecule has 0 atom stereocenters. The van der Waals surface area contributed by atoms with Crippen molar-refractivity contribution in [2.24, 2.45) is 5.41 Å². The predicted octanol–water partition coefficient (Wildman–Crippen LogP) is 1.03. The summed E-state index contributed by atoms with van der Waals surface area (Å²) in [6.07, 6.45) is 0. The quantitative estimate of drug-likeness (QED) is 0.843. The first-order chi connectivity index (χ1) is 9.13. The number of hydrogen-bond donors (Lipinski definition) is 2. The highest BCUT2D eigenvalue weighted by atomic mass is 16.5. The van der Waals surface area contributed by atoms with Crippen LogP contribution in [0.3, 0.4) is 0 Å². The van der Waals surface area contributed by atoms with Gasteiger partial charge in [-0.2, -0.15) is 0 Å². The van der Waals surface area contributed by atoms with E-state index in [0.29, 0.717) is 5.76 Å². The zero-order valence-electron chi connectivity index (χ0n) is 12.8. The average molecular weight is 284 g/mol. The predicted molar refractivity (Wildman–Crippen MR) is 74.4 cm³/mol. The molecule has 0 aromatic carbocycles. The maximum Gasteiger partial charge on any atom is 0.275 e. The Balaban J connectivity index is 2.82. The van der Waals surface area contributed by atoms with E-state index in [1.165, 1.54) is 4.90 Å². The molecule has 0 aliphatic heterocycles. The van der Waals surface area contributed by atoms with Crippen molar-refractivity contribution in [3.63, 3.8) is 0 Å². The van der Waals surface area contributed by atoms with E-state index >= 15 is 0 Å². The Morgan fingerprint density at radius 1 is 1.30 bits per heavy atom. The van der Waals surface area contributed by atoms with Gasteiger partial charge < -0.3 is 19.6 Å². The maximum atomic E-state index is 12.2. The van der Waals surface area contributed by atoms with E-state index in [4.69, 9.17) is 4.52 Å². The maximum absolute atomic E-state index is 12.2. The van der Waals surface area contributed by atoms with E-state index in [1.54, 1.807) is 20.0 Å². The Labute approximate surface area is 119 Å². The number of rotatable bonds is 5. The minimum Gasteiger partial charge on any atom is -0.396 e. The van der Waals surface area contributed by atoms with Crippen LogP contribution in [0.1, 0.15) is 43.9 Å². The molecule has 0 fully saturated rings. The summed E-state index contributed by atoms with van der Waals surface area (Å²) in [6.45, 7) is 7.46. The standard InChI is InChI=1S/C14H24N2O4/c1-13(2,3)11-6-10(15-20-11)12(19)16(5)7-14(4,8-17)9-18/h6,17-18H,7-9H2,1-5H3. The highest BCUT2D eigenvalue weighted by Gasteiger charge is 2.29. The van der Waals surface area contributed by atoms with E-state index < -0.39 is 5.41 Å². The minimum absolute atomic E-state index is 0.201.